The number of benzene rings is 1. The van der Waals surface area contributed by atoms with E-state index >= 15 is 0 Å². The van der Waals surface area contributed by atoms with E-state index in [2.05, 4.69) is 5.32 Å². The van der Waals surface area contributed by atoms with E-state index in [4.69, 9.17) is 14.6 Å². The highest BCUT2D eigenvalue weighted by Gasteiger charge is 2.34. The third-order valence-electron chi connectivity index (χ3n) is 4.30. The van der Waals surface area contributed by atoms with Crippen LogP contribution < -0.4 is 5.32 Å². The normalized spacial score (nSPS) is 13.9. The van der Waals surface area contributed by atoms with Crippen molar-refractivity contribution < 1.29 is 29.0 Å². The first-order valence-electron chi connectivity index (χ1n) is 8.02. The summed E-state index contributed by atoms with van der Waals surface area (Å²) < 4.78 is 9.53. The molecule has 0 atom stereocenters. The minimum absolute atomic E-state index is 0.0447. The summed E-state index contributed by atoms with van der Waals surface area (Å²) in [5.41, 5.74) is 2.68. The summed E-state index contributed by atoms with van der Waals surface area (Å²) in [6.45, 7) is 3.56. The number of aryl methyl sites for hydroxylation is 1. The van der Waals surface area contributed by atoms with Crippen molar-refractivity contribution in [3.05, 3.63) is 40.1 Å². The first kappa shape index (κ1) is 19.5. The Morgan fingerprint density at radius 3 is 2.42 bits per heavy atom. The highest BCUT2D eigenvalue weighted by atomic mass is 16.5. The molecule has 140 valence electrons. The highest BCUT2D eigenvalue weighted by Crippen LogP contribution is 2.26. The molecule has 0 fully saturated rings. The molecule has 0 radical (unpaired) electrons. The number of nitrogens with one attached hydrogen (secondary N) is 1. The molecule has 1 aliphatic rings. The number of carbonyl (C=O) groups excluding carboxylic acids is 3. The van der Waals surface area contributed by atoms with Gasteiger partial charge in [0, 0.05) is 12.2 Å². The summed E-state index contributed by atoms with van der Waals surface area (Å²) in [5.74, 6) is -1.54. The van der Waals surface area contributed by atoms with Gasteiger partial charge < -0.3 is 24.8 Å². The maximum absolute atomic E-state index is 12.6. The van der Waals surface area contributed by atoms with E-state index in [1.807, 2.05) is 6.92 Å². The molecule has 0 unspecified atom stereocenters. The van der Waals surface area contributed by atoms with E-state index in [-0.39, 0.29) is 31.0 Å². The first-order valence-corrected chi connectivity index (χ1v) is 8.02. The SMILES string of the molecule is COC(=O)C1=C(Nc2cc(C)c(C)c(C(=O)OC)c2)C(=O)N(CCO)C1. The average molecular weight is 362 g/mol. The molecule has 0 aromatic heterocycles. The van der Waals surface area contributed by atoms with E-state index in [1.165, 1.54) is 19.1 Å². The van der Waals surface area contributed by atoms with Crippen LogP contribution in [0.4, 0.5) is 5.69 Å². The van der Waals surface area contributed by atoms with Gasteiger partial charge in [0.25, 0.3) is 5.91 Å². The topological polar surface area (TPSA) is 105 Å². The number of methoxy groups -OCH3 is 2. The predicted molar refractivity (Wildman–Crippen MR) is 93.6 cm³/mol. The molecular weight excluding hydrogens is 340 g/mol. The second-order valence-electron chi connectivity index (χ2n) is 5.88. The van der Waals surface area contributed by atoms with E-state index < -0.39 is 17.8 Å². The van der Waals surface area contributed by atoms with Gasteiger partial charge in [-0.15, -0.1) is 0 Å². The van der Waals surface area contributed by atoms with Gasteiger partial charge in [-0.25, -0.2) is 9.59 Å². The Kier molecular flexibility index (Phi) is 5.99. The molecule has 1 amide bonds. The molecule has 2 rings (SSSR count). The Balaban J connectivity index is 2.43. The summed E-state index contributed by atoms with van der Waals surface area (Å²) in [7, 11) is 2.53. The molecule has 8 nitrogen and oxygen atoms in total. The largest absolute Gasteiger partial charge is 0.466 e. The molecule has 0 bridgehead atoms. The Labute approximate surface area is 151 Å². The molecule has 26 heavy (non-hydrogen) atoms. The van der Waals surface area contributed by atoms with Crippen molar-refractivity contribution in [3.8, 4) is 0 Å². The van der Waals surface area contributed by atoms with Crippen molar-refractivity contribution in [1.29, 1.82) is 0 Å². The van der Waals surface area contributed by atoms with Crippen LogP contribution in [0.15, 0.2) is 23.4 Å². The van der Waals surface area contributed by atoms with Crippen LogP contribution in [0.5, 0.6) is 0 Å². The number of esters is 2. The van der Waals surface area contributed by atoms with Gasteiger partial charge in [0.1, 0.15) is 5.70 Å². The molecule has 1 aliphatic heterocycles. The molecule has 0 saturated heterocycles. The Bertz CT molecular complexity index is 784. The third-order valence-corrected chi connectivity index (χ3v) is 4.30. The van der Waals surface area contributed by atoms with Crippen LogP contribution in [0.25, 0.3) is 0 Å². The second kappa shape index (κ2) is 8.01. The summed E-state index contributed by atoms with van der Waals surface area (Å²) in [6.07, 6.45) is 0. The molecule has 0 aliphatic carbocycles. The van der Waals surface area contributed by atoms with Crippen molar-refractivity contribution in [2.24, 2.45) is 0 Å². The molecule has 8 heteroatoms. The lowest BCUT2D eigenvalue weighted by atomic mass is 10.0. The maximum atomic E-state index is 12.6. The molecule has 1 aromatic carbocycles. The number of amides is 1. The summed E-state index contributed by atoms with van der Waals surface area (Å²) >= 11 is 0. The van der Waals surface area contributed by atoms with Crippen LogP contribution >= 0.6 is 0 Å². The van der Waals surface area contributed by atoms with Crippen molar-refractivity contribution in [2.45, 2.75) is 13.8 Å². The number of aliphatic hydroxyl groups is 1. The fourth-order valence-corrected chi connectivity index (χ4v) is 2.75. The second-order valence-corrected chi connectivity index (χ2v) is 5.88. The lowest BCUT2D eigenvalue weighted by Gasteiger charge is -2.16. The Morgan fingerprint density at radius 1 is 1.19 bits per heavy atom. The fraction of sp³-hybridized carbons (Fsp3) is 0.389. The van der Waals surface area contributed by atoms with E-state index in [9.17, 15) is 14.4 Å². The van der Waals surface area contributed by atoms with Crippen molar-refractivity contribution in [2.75, 3.05) is 39.2 Å². The van der Waals surface area contributed by atoms with Gasteiger partial charge >= 0.3 is 11.9 Å². The molecule has 1 aromatic rings. The van der Waals surface area contributed by atoms with Gasteiger partial charge in [0.2, 0.25) is 0 Å². The van der Waals surface area contributed by atoms with Crippen LogP contribution in [0.1, 0.15) is 21.5 Å². The molecule has 2 N–H and O–H groups in total. The minimum Gasteiger partial charge on any atom is -0.466 e. The van der Waals surface area contributed by atoms with Gasteiger partial charge in [-0.2, -0.15) is 0 Å². The fourth-order valence-electron chi connectivity index (χ4n) is 2.75. The zero-order chi connectivity index (χ0) is 19.4. The highest BCUT2D eigenvalue weighted by molar-refractivity contribution is 6.08. The third kappa shape index (κ3) is 3.70. The molecular formula is C18H22N2O6. The average Bonchev–Trinajstić information content (AvgIpc) is 2.93. The number of aliphatic hydroxyl groups excluding tert-OH is 1. The van der Waals surface area contributed by atoms with E-state index in [0.717, 1.165) is 11.1 Å². The molecule has 1 heterocycles. The van der Waals surface area contributed by atoms with Crippen LogP contribution in [-0.4, -0.2) is 61.8 Å². The van der Waals surface area contributed by atoms with Gasteiger partial charge in [-0.05, 0) is 37.1 Å². The van der Waals surface area contributed by atoms with Crippen molar-refractivity contribution in [3.63, 3.8) is 0 Å². The number of anilines is 1. The monoisotopic (exact) mass is 362 g/mol. The van der Waals surface area contributed by atoms with Crippen LogP contribution in [0.3, 0.4) is 0 Å². The van der Waals surface area contributed by atoms with Gasteiger partial charge in [0.05, 0.1) is 38.5 Å². The quantitative estimate of drug-likeness (QED) is 0.720. The summed E-state index contributed by atoms with van der Waals surface area (Å²) in [5, 5.41) is 12.0. The van der Waals surface area contributed by atoms with Gasteiger partial charge in [-0.1, -0.05) is 0 Å². The molecule has 0 spiro atoms. The number of nitrogens with zero attached hydrogens (tertiary/aromatic N) is 1. The smallest absolute Gasteiger partial charge is 0.338 e. The first-order chi connectivity index (χ1) is 12.3. The van der Waals surface area contributed by atoms with Crippen LogP contribution in [0, 0.1) is 13.8 Å². The lowest BCUT2D eigenvalue weighted by molar-refractivity contribution is -0.136. The number of hydrogen-bond donors (Lipinski definition) is 2. The summed E-state index contributed by atoms with van der Waals surface area (Å²) in [6, 6.07) is 3.34. The van der Waals surface area contributed by atoms with E-state index in [0.29, 0.717) is 11.3 Å². The predicted octanol–water partition coefficient (Wildman–Crippen LogP) is 0.764. The zero-order valence-corrected chi connectivity index (χ0v) is 15.2. The Morgan fingerprint density at radius 2 is 1.85 bits per heavy atom. The Hall–Kier alpha value is -2.87. The number of carbonyl (C=O) groups is 3. The number of hydrogen-bond acceptors (Lipinski definition) is 7. The number of β-amino-alcohol motifs (C(OH)–C–C–N with tert-alkyl or cyclic N) is 1. The van der Waals surface area contributed by atoms with Crippen LogP contribution in [0.2, 0.25) is 0 Å². The zero-order valence-electron chi connectivity index (χ0n) is 15.2. The lowest BCUT2D eigenvalue weighted by Crippen LogP contribution is -2.31. The maximum Gasteiger partial charge on any atom is 0.338 e. The minimum atomic E-state index is -0.627. The van der Waals surface area contributed by atoms with Crippen LogP contribution in [-0.2, 0) is 19.1 Å². The number of rotatable bonds is 6. The standard InChI is InChI=1S/C18H22N2O6/c1-10-7-12(8-13(11(10)2)17(23)25-3)19-15-14(18(24)26-4)9-20(5-6-21)16(15)22/h7-8,19,21H,5-6,9H2,1-4H3. The van der Waals surface area contributed by atoms with Crippen molar-refractivity contribution in [1.82, 2.24) is 4.90 Å². The van der Waals surface area contributed by atoms with Gasteiger partial charge in [-0.3, -0.25) is 4.79 Å². The van der Waals surface area contributed by atoms with E-state index in [1.54, 1.807) is 19.1 Å². The summed E-state index contributed by atoms with van der Waals surface area (Å²) in [4.78, 5) is 37.9. The van der Waals surface area contributed by atoms with Crippen molar-refractivity contribution >= 4 is 23.5 Å². The molecule has 0 saturated carbocycles. The van der Waals surface area contributed by atoms with Gasteiger partial charge in [0.15, 0.2) is 0 Å². The number of ether oxygens (including phenoxy) is 2.